The fraction of sp³-hybridized carbons (Fsp3) is 0.364. The van der Waals surface area contributed by atoms with Gasteiger partial charge in [0.15, 0.2) is 0 Å². The zero-order chi connectivity index (χ0) is 10.4. The third-order valence-corrected chi connectivity index (χ3v) is 1.64. The molecule has 1 aromatic carbocycles. The molecule has 0 saturated heterocycles. The van der Waals surface area contributed by atoms with Crippen LogP contribution in [0.25, 0.3) is 0 Å². The molecule has 3 nitrogen and oxygen atoms in total. The maximum absolute atomic E-state index is 10.2. The molecule has 1 rings (SSSR count). The molecule has 76 valence electrons. The third-order valence-electron chi connectivity index (χ3n) is 1.64. The molecule has 0 spiro atoms. The lowest BCUT2D eigenvalue weighted by molar-refractivity contribution is -0.105. The number of ether oxygens (including phenoxy) is 1. The van der Waals surface area contributed by atoms with Crippen LogP contribution in [-0.4, -0.2) is 13.0 Å². The first-order chi connectivity index (χ1) is 6.72. The first kappa shape index (κ1) is 10.6. The highest BCUT2D eigenvalue weighted by atomic mass is 16.5. The second-order valence-corrected chi connectivity index (χ2v) is 3.49. The topological polar surface area (TPSA) is 38.3 Å². The molecule has 0 aliphatic carbocycles. The summed E-state index contributed by atoms with van der Waals surface area (Å²) in [6, 6.07) is 7.34. The molecule has 0 aliphatic heterocycles. The molecular formula is C11H15NO2. The van der Waals surface area contributed by atoms with Crippen LogP contribution in [0.5, 0.6) is 5.75 Å². The van der Waals surface area contributed by atoms with Gasteiger partial charge in [0.1, 0.15) is 5.75 Å². The van der Waals surface area contributed by atoms with Crippen molar-refractivity contribution in [1.82, 2.24) is 0 Å². The summed E-state index contributed by atoms with van der Waals surface area (Å²) >= 11 is 0. The van der Waals surface area contributed by atoms with E-state index in [-0.39, 0.29) is 0 Å². The van der Waals surface area contributed by atoms with Gasteiger partial charge in [-0.1, -0.05) is 19.9 Å². The first-order valence-electron chi connectivity index (χ1n) is 4.65. The SMILES string of the molecule is CC(C)COc1cccc(NC=O)c1. The smallest absolute Gasteiger partial charge is 0.211 e. The summed E-state index contributed by atoms with van der Waals surface area (Å²) in [5.41, 5.74) is 0.751. The number of hydrogen-bond donors (Lipinski definition) is 1. The molecule has 1 amide bonds. The predicted molar refractivity (Wildman–Crippen MR) is 56.5 cm³/mol. The maximum atomic E-state index is 10.2. The monoisotopic (exact) mass is 193 g/mol. The Morgan fingerprint density at radius 3 is 2.93 bits per heavy atom. The predicted octanol–water partition coefficient (Wildman–Crippen LogP) is 2.29. The normalized spacial score (nSPS) is 9.93. The van der Waals surface area contributed by atoms with Crippen LogP contribution in [0.4, 0.5) is 5.69 Å². The van der Waals surface area contributed by atoms with Crippen LogP contribution in [0.3, 0.4) is 0 Å². The number of hydrogen-bond acceptors (Lipinski definition) is 2. The van der Waals surface area contributed by atoms with Crippen LogP contribution >= 0.6 is 0 Å². The Balaban J connectivity index is 2.58. The molecule has 3 heteroatoms. The van der Waals surface area contributed by atoms with Crippen molar-refractivity contribution in [2.24, 2.45) is 5.92 Å². The van der Waals surface area contributed by atoms with E-state index in [0.717, 1.165) is 11.4 Å². The van der Waals surface area contributed by atoms with E-state index >= 15 is 0 Å². The molecule has 0 atom stereocenters. The van der Waals surface area contributed by atoms with Gasteiger partial charge in [-0.25, -0.2) is 0 Å². The Bertz CT molecular complexity index is 297. The van der Waals surface area contributed by atoms with Gasteiger partial charge in [-0.05, 0) is 18.1 Å². The molecule has 0 saturated carbocycles. The zero-order valence-corrected chi connectivity index (χ0v) is 8.49. The second kappa shape index (κ2) is 5.27. The lowest BCUT2D eigenvalue weighted by Crippen LogP contribution is -2.04. The van der Waals surface area contributed by atoms with E-state index in [1.807, 2.05) is 18.2 Å². The van der Waals surface area contributed by atoms with Crippen LogP contribution in [-0.2, 0) is 4.79 Å². The highest BCUT2D eigenvalue weighted by molar-refractivity contribution is 5.71. The van der Waals surface area contributed by atoms with E-state index in [1.54, 1.807) is 6.07 Å². The van der Waals surface area contributed by atoms with E-state index in [0.29, 0.717) is 18.9 Å². The van der Waals surface area contributed by atoms with Crippen LogP contribution in [0.2, 0.25) is 0 Å². The fourth-order valence-corrected chi connectivity index (χ4v) is 1.01. The Morgan fingerprint density at radius 2 is 2.29 bits per heavy atom. The molecule has 0 bridgehead atoms. The van der Waals surface area contributed by atoms with Crippen molar-refractivity contribution in [2.75, 3.05) is 11.9 Å². The number of amides is 1. The Kier molecular flexibility index (Phi) is 3.98. The molecular weight excluding hydrogens is 178 g/mol. The minimum atomic E-state index is 0.498. The summed E-state index contributed by atoms with van der Waals surface area (Å²) < 4.78 is 5.50. The van der Waals surface area contributed by atoms with Crippen molar-refractivity contribution in [3.05, 3.63) is 24.3 Å². The van der Waals surface area contributed by atoms with Crippen molar-refractivity contribution in [1.29, 1.82) is 0 Å². The number of carbonyl (C=O) groups excluding carboxylic acids is 1. The van der Waals surface area contributed by atoms with Crippen molar-refractivity contribution in [3.63, 3.8) is 0 Å². The van der Waals surface area contributed by atoms with Gasteiger partial charge in [0.05, 0.1) is 6.61 Å². The highest BCUT2D eigenvalue weighted by Gasteiger charge is 1.97. The molecule has 0 aromatic heterocycles. The van der Waals surface area contributed by atoms with Gasteiger partial charge < -0.3 is 10.1 Å². The van der Waals surface area contributed by atoms with E-state index in [4.69, 9.17) is 4.74 Å². The van der Waals surface area contributed by atoms with E-state index in [1.165, 1.54) is 0 Å². The largest absolute Gasteiger partial charge is 0.493 e. The minimum Gasteiger partial charge on any atom is -0.493 e. The highest BCUT2D eigenvalue weighted by Crippen LogP contribution is 2.17. The van der Waals surface area contributed by atoms with Crippen LogP contribution in [0.1, 0.15) is 13.8 Å². The molecule has 1 aromatic rings. The number of nitrogens with one attached hydrogen (secondary N) is 1. The molecule has 0 unspecified atom stereocenters. The first-order valence-corrected chi connectivity index (χ1v) is 4.65. The molecule has 0 radical (unpaired) electrons. The fourth-order valence-electron chi connectivity index (χ4n) is 1.01. The number of carbonyl (C=O) groups is 1. The lowest BCUT2D eigenvalue weighted by atomic mass is 10.2. The summed E-state index contributed by atoms with van der Waals surface area (Å²) in [6.45, 7) is 4.87. The molecule has 0 aliphatic rings. The standard InChI is InChI=1S/C11H15NO2/c1-9(2)7-14-11-5-3-4-10(6-11)12-8-13/h3-6,8-9H,7H2,1-2H3,(H,12,13). The molecule has 0 heterocycles. The summed E-state index contributed by atoms with van der Waals surface area (Å²) in [4.78, 5) is 10.2. The van der Waals surface area contributed by atoms with Crippen molar-refractivity contribution in [2.45, 2.75) is 13.8 Å². The van der Waals surface area contributed by atoms with Gasteiger partial charge in [-0.3, -0.25) is 4.79 Å². The van der Waals surface area contributed by atoms with Gasteiger partial charge in [0, 0.05) is 11.8 Å². The number of benzene rings is 1. The quantitative estimate of drug-likeness (QED) is 0.728. The molecule has 0 fully saturated rings. The average Bonchev–Trinajstić information content (AvgIpc) is 2.16. The van der Waals surface area contributed by atoms with Crippen LogP contribution in [0, 0.1) is 5.92 Å². The van der Waals surface area contributed by atoms with E-state index in [2.05, 4.69) is 19.2 Å². The zero-order valence-electron chi connectivity index (χ0n) is 8.49. The van der Waals surface area contributed by atoms with Crippen molar-refractivity contribution >= 4 is 12.1 Å². The average molecular weight is 193 g/mol. The second-order valence-electron chi connectivity index (χ2n) is 3.49. The van der Waals surface area contributed by atoms with E-state index < -0.39 is 0 Å². The summed E-state index contributed by atoms with van der Waals surface area (Å²) in [7, 11) is 0. The number of anilines is 1. The van der Waals surface area contributed by atoms with Crippen molar-refractivity contribution < 1.29 is 9.53 Å². The Labute approximate surface area is 84.1 Å². The van der Waals surface area contributed by atoms with Gasteiger partial charge in [0.25, 0.3) is 0 Å². The van der Waals surface area contributed by atoms with Gasteiger partial charge in [-0.2, -0.15) is 0 Å². The number of rotatable bonds is 5. The van der Waals surface area contributed by atoms with Gasteiger partial charge in [0.2, 0.25) is 6.41 Å². The maximum Gasteiger partial charge on any atom is 0.211 e. The third kappa shape index (κ3) is 3.47. The van der Waals surface area contributed by atoms with Crippen LogP contribution in [0.15, 0.2) is 24.3 Å². The Hall–Kier alpha value is -1.51. The summed E-state index contributed by atoms with van der Waals surface area (Å²) in [6.07, 6.45) is 0.654. The molecule has 1 N–H and O–H groups in total. The minimum absolute atomic E-state index is 0.498. The van der Waals surface area contributed by atoms with Crippen LogP contribution < -0.4 is 10.1 Å². The van der Waals surface area contributed by atoms with Crippen molar-refractivity contribution in [3.8, 4) is 5.75 Å². The molecule has 14 heavy (non-hydrogen) atoms. The summed E-state index contributed by atoms with van der Waals surface area (Å²) in [5.74, 6) is 1.28. The van der Waals surface area contributed by atoms with Gasteiger partial charge >= 0.3 is 0 Å². The van der Waals surface area contributed by atoms with Gasteiger partial charge in [-0.15, -0.1) is 0 Å². The summed E-state index contributed by atoms with van der Waals surface area (Å²) in [5, 5.41) is 2.57. The Morgan fingerprint density at radius 1 is 1.50 bits per heavy atom. The van der Waals surface area contributed by atoms with E-state index in [9.17, 15) is 4.79 Å². The lowest BCUT2D eigenvalue weighted by Gasteiger charge is -2.09.